The summed E-state index contributed by atoms with van der Waals surface area (Å²) in [4.78, 5) is 16.5. The molecule has 1 aliphatic heterocycles. The first kappa shape index (κ1) is 17.7. The van der Waals surface area contributed by atoms with Crippen LogP contribution in [-0.4, -0.2) is 30.4 Å². The van der Waals surface area contributed by atoms with Gasteiger partial charge < -0.3 is 5.32 Å². The minimum Gasteiger partial charge on any atom is -0.352 e. The van der Waals surface area contributed by atoms with Crippen LogP contribution in [0.25, 0.3) is 0 Å². The van der Waals surface area contributed by atoms with Crippen molar-refractivity contribution in [3.05, 3.63) is 56.8 Å². The van der Waals surface area contributed by atoms with E-state index in [1.165, 1.54) is 40.8 Å². The molecule has 0 radical (unpaired) electrons. The van der Waals surface area contributed by atoms with Gasteiger partial charge in [-0.3, -0.25) is 9.69 Å². The summed E-state index contributed by atoms with van der Waals surface area (Å²) in [5.41, 5.74) is 5.23. The van der Waals surface area contributed by atoms with Gasteiger partial charge in [0.1, 0.15) is 0 Å². The first-order chi connectivity index (χ1) is 12.8. The zero-order chi connectivity index (χ0) is 17.8. The lowest BCUT2D eigenvalue weighted by Crippen LogP contribution is -2.33. The summed E-state index contributed by atoms with van der Waals surface area (Å²) in [7, 11) is 0. The zero-order valence-corrected chi connectivity index (χ0v) is 16.2. The number of aryl methyl sites for hydroxylation is 1. The number of amides is 1. The first-order valence-electron chi connectivity index (χ1n) is 9.98. The molecule has 1 N–H and O–H groups in total. The van der Waals surface area contributed by atoms with Gasteiger partial charge in [0.25, 0.3) is 5.91 Å². The smallest absolute Gasteiger partial charge is 0.252 e. The van der Waals surface area contributed by atoms with Crippen molar-refractivity contribution in [2.24, 2.45) is 0 Å². The predicted octanol–water partition coefficient (Wildman–Crippen LogP) is 4.20. The quantitative estimate of drug-likeness (QED) is 0.634. The molecule has 3 nitrogen and oxygen atoms in total. The van der Waals surface area contributed by atoms with Crippen LogP contribution < -0.4 is 5.32 Å². The molecule has 0 fully saturated rings. The maximum atomic E-state index is 12.6. The number of benzene rings is 1. The van der Waals surface area contributed by atoms with Crippen LogP contribution >= 0.6 is 11.3 Å². The number of rotatable bonds is 5. The van der Waals surface area contributed by atoms with Crippen molar-refractivity contribution in [1.29, 1.82) is 0 Å². The molecule has 0 unspecified atom stereocenters. The van der Waals surface area contributed by atoms with Crippen LogP contribution in [0, 0.1) is 0 Å². The summed E-state index contributed by atoms with van der Waals surface area (Å²) in [5, 5.41) is 5.23. The van der Waals surface area contributed by atoms with Gasteiger partial charge in [0.15, 0.2) is 0 Å². The molecular weight excluding hydrogens is 340 g/mol. The fraction of sp³-hybridized carbons (Fsp3) is 0.500. The molecule has 1 aliphatic carbocycles. The molecule has 2 aromatic rings. The van der Waals surface area contributed by atoms with Gasteiger partial charge in [0.2, 0.25) is 0 Å². The Kier molecular flexibility index (Phi) is 5.71. The van der Waals surface area contributed by atoms with Crippen LogP contribution in [0.3, 0.4) is 0 Å². The molecule has 1 aromatic heterocycles. The van der Waals surface area contributed by atoms with Gasteiger partial charge in [0.05, 0.1) is 5.56 Å². The Bertz CT molecular complexity index is 767. The minimum absolute atomic E-state index is 0.133. The number of fused-ring (bicyclic) bond motifs is 2. The highest BCUT2D eigenvalue weighted by Crippen LogP contribution is 2.29. The van der Waals surface area contributed by atoms with Gasteiger partial charge in [-0.25, -0.2) is 0 Å². The predicted molar refractivity (Wildman–Crippen MR) is 108 cm³/mol. The molecule has 4 heteroatoms. The van der Waals surface area contributed by atoms with Gasteiger partial charge >= 0.3 is 0 Å². The normalized spacial score (nSPS) is 17.2. The Morgan fingerprint density at radius 1 is 1.08 bits per heavy atom. The molecule has 0 saturated carbocycles. The van der Waals surface area contributed by atoms with E-state index in [0.29, 0.717) is 0 Å². The van der Waals surface area contributed by atoms with Crippen LogP contribution in [-0.2, 0) is 25.8 Å². The van der Waals surface area contributed by atoms with E-state index in [9.17, 15) is 4.79 Å². The van der Waals surface area contributed by atoms with Crippen molar-refractivity contribution < 1.29 is 4.79 Å². The Balaban J connectivity index is 1.24. The van der Waals surface area contributed by atoms with E-state index in [4.69, 9.17) is 0 Å². The maximum absolute atomic E-state index is 12.6. The van der Waals surface area contributed by atoms with E-state index in [2.05, 4.69) is 39.9 Å². The Labute approximate surface area is 160 Å². The largest absolute Gasteiger partial charge is 0.352 e. The Morgan fingerprint density at radius 2 is 1.92 bits per heavy atom. The SMILES string of the molecule is O=C(NCCCN1CCc2ccccc2C1)c1csc2c1CCCCC2. The molecule has 26 heavy (non-hydrogen) atoms. The second-order valence-electron chi connectivity index (χ2n) is 7.52. The molecule has 4 rings (SSSR count). The summed E-state index contributed by atoms with van der Waals surface area (Å²) in [6.45, 7) is 3.99. The number of nitrogens with zero attached hydrogens (tertiary/aromatic N) is 1. The van der Waals surface area contributed by atoms with Gasteiger partial charge in [-0.2, -0.15) is 0 Å². The average Bonchev–Trinajstić information content (AvgIpc) is 2.93. The van der Waals surface area contributed by atoms with E-state index in [0.717, 1.165) is 57.4 Å². The van der Waals surface area contributed by atoms with E-state index < -0.39 is 0 Å². The number of nitrogens with one attached hydrogen (secondary N) is 1. The van der Waals surface area contributed by atoms with E-state index in [1.807, 2.05) is 0 Å². The Hall–Kier alpha value is -1.65. The highest BCUT2D eigenvalue weighted by atomic mass is 32.1. The monoisotopic (exact) mass is 368 g/mol. The van der Waals surface area contributed by atoms with E-state index in [-0.39, 0.29) is 5.91 Å². The number of carbonyl (C=O) groups excluding carboxylic acids is 1. The molecule has 138 valence electrons. The van der Waals surface area contributed by atoms with Crippen molar-refractivity contribution in [3.63, 3.8) is 0 Å². The zero-order valence-electron chi connectivity index (χ0n) is 15.4. The highest BCUT2D eigenvalue weighted by molar-refractivity contribution is 7.10. The van der Waals surface area contributed by atoms with Crippen LogP contribution in [0.2, 0.25) is 0 Å². The summed E-state index contributed by atoms with van der Waals surface area (Å²) in [5.74, 6) is 0.133. The maximum Gasteiger partial charge on any atom is 0.252 e. The molecule has 0 atom stereocenters. The third-order valence-electron chi connectivity index (χ3n) is 5.70. The van der Waals surface area contributed by atoms with Crippen molar-refractivity contribution in [3.8, 4) is 0 Å². The van der Waals surface area contributed by atoms with Crippen molar-refractivity contribution >= 4 is 17.2 Å². The van der Waals surface area contributed by atoms with Crippen molar-refractivity contribution in [2.75, 3.05) is 19.6 Å². The van der Waals surface area contributed by atoms with Crippen LogP contribution in [0.15, 0.2) is 29.6 Å². The molecule has 1 amide bonds. The molecule has 2 heterocycles. The molecule has 0 saturated heterocycles. The lowest BCUT2D eigenvalue weighted by molar-refractivity contribution is 0.0950. The van der Waals surface area contributed by atoms with Crippen molar-refractivity contribution in [2.45, 2.75) is 51.5 Å². The third kappa shape index (κ3) is 4.02. The third-order valence-corrected chi connectivity index (χ3v) is 6.79. The molecule has 0 bridgehead atoms. The van der Waals surface area contributed by atoms with Crippen LogP contribution in [0.4, 0.5) is 0 Å². The second-order valence-corrected chi connectivity index (χ2v) is 8.48. The van der Waals surface area contributed by atoms with Gasteiger partial charge in [0, 0.05) is 36.4 Å². The first-order valence-corrected chi connectivity index (χ1v) is 10.9. The van der Waals surface area contributed by atoms with Gasteiger partial charge in [-0.05, 0) is 55.2 Å². The van der Waals surface area contributed by atoms with Gasteiger partial charge in [-0.1, -0.05) is 30.7 Å². The summed E-state index contributed by atoms with van der Waals surface area (Å²) >= 11 is 1.78. The van der Waals surface area contributed by atoms with E-state index in [1.54, 1.807) is 11.3 Å². The van der Waals surface area contributed by atoms with Crippen LogP contribution in [0.5, 0.6) is 0 Å². The van der Waals surface area contributed by atoms with Gasteiger partial charge in [-0.15, -0.1) is 11.3 Å². The van der Waals surface area contributed by atoms with Crippen LogP contribution in [0.1, 0.15) is 57.6 Å². The van der Waals surface area contributed by atoms with Crippen molar-refractivity contribution in [1.82, 2.24) is 10.2 Å². The lowest BCUT2D eigenvalue weighted by Gasteiger charge is -2.28. The summed E-state index contributed by atoms with van der Waals surface area (Å²) < 4.78 is 0. The molecule has 0 spiro atoms. The molecule has 2 aliphatic rings. The average molecular weight is 369 g/mol. The number of thiophene rings is 1. The highest BCUT2D eigenvalue weighted by Gasteiger charge is 2.19. The number of carbonyl (C=O) groups is 1. The fourth-order valence-electron chi connectivity index (χ4n) is 4.21. The number of hydrogen-bond donors (Lipinski definition) is 1. The number of hydrogen-bond acceptors (Lipinski definition) is 3. The molecule has 1 aromatic carbocycles. The standard InChI is InChI=1S/C22H28N2OS/c25-22(20-16-26-21-10-3-1-2-9-19(20)21)23-12-6-13-24-14-11-17-7-4-5-8-18(17)15-24/h4-5,7-8,16H,1-3,6,9-15H2,(H,23,25). The second kappa shape index (κ2) is 8.36. The minimum atomic E-state index is 0.133. The van der Waals surface area contributed by atoms with E-state index >= 15 is 0 Å². The topological polar surface area (TPSA) is 32.3 Å². The summed E-state index contributed by atoms with van der Waals surface area (Å²) in [6.07, 6.45) is 8.18. The summed E-state index contributed by atoms with van der Waals surface area (Å²) in [6, 6.07) is 8.75. The Morgan fingerprint density at radius 3 is 2.85 bits per heavy atom. The lowest BCUT2D eigenvalue weighted by atomic mass is 10.00. The molecular formula is C22H28N2OS. The fourth-order valence-corrected chi connectivity index (χ4v) is 5.33.